The number of rotatable bonds is 2. The molecule has 1 amide bonds. The number of nitrogens with zero attached hydrogens (tertiary/aromatic N) is 2. The molecule has 3 unspecified atom stereocenters. The molecule has 6 heteroatoms. The van der Waals surface area contributed by atoms with Gasteiger partial charge in [0.25, 0.3) is 5.91 Å². The Labute approximate surface area is 102 Å². The molecule has 0 aromatic carbocycles. The summed E-state index contributed by atoms with van der Waals surface area (Å²) >= 11 is 1.31. The Hall–Kier alpha value is -1.43. The van der Waals surface area contributed by atoms with Gasteiger partial charge in [0.05, 0.1) is 17.6 Å². The highest BCUT2D eigenvalue weighted by Gasteiger charge is 2.51. The van der Waals surface area contributed by atoms with Crippen molar-refractivity contribution in [2.45, 2.75) is 31.3 Å². The SMILES string of the molecule is O=C(O)C1CC2CCC1N2C(=O)c1cncs1. The quantitative estimate of drug-likeness (QED) is 0.859. The van der Waals surface area contributed by atoms with E-state index in [1.807, 2.05) is 0 Å². The molecule has 1 aromatic rings. The fourth-order valence-corrected chi connectivity index (χ4v) is 3.58. The van der Waals surface area contributed by atoms with Crippen molar-refractivity contribution in [3.05, 3.63) is 16.6 Å². The van der Waals surface area contributed by atoms with E-state index in [4.69, 9.17) is 5.11 Å². The summed E-state index contributed by atoms with van der Waals surface area (Å²) in [6.45, 7) is 0. The Morgan fingerprint density at radius 1 is 1.47 bits per heavy atom. The predicted octanol–water partition coefficient (Wildman–Crippen LogP) is 1.22. The Morgan fingerprint density at radius 3 is 2.88 bits per heavy atom. The van der Waals surface area contributed by atoms with Crippen LogP contribution in [0.4, 0.5) is 0 Å². The standard InChI is InChI=1S/C11H12N2O3S/c14-10(9-4-12-5-17-9)13-6-1-2-8(13)7(3-6)11(15)16/h4-8H,1-3H2,(H,15,16). The molecular formula is C11H12N2O3S. The number of aliphatic carboxylic acids is 1. The summed E-state index contributed by atoms with van der Waals surface area (Å²) in [7, 11) is 0. The lowest BCUT2D eigenvalue weighted by molar-refractivity contribution is -0.142. The summed E-state index contributed by atoms with van der Waals surface area (Å²) in [6, 6.07) is -0.0113. The molecule has 90 valence electrons. The van der Waals surface area contributed by atoms with E-state index in [9.17, 15) is 9.59 Å². The van der Waals surface area contributed by atoms with E-state index in [0.717, 1.165) is 12.8 Å². The molecule has 3 heterocycles. The number of thiazole rings is 1. The number of hydrogen-bond acceptors (Lipinski definition) is 4. The second kappa shape index (κ2) is 3.80. The highest BCUT2D eigenvalue weighted by atomic mass is 32.1. The predicted molar refractivity (Wildman–Crippen MR) is 60.8 cm³/mol. The highest BCUT2D eigenvalue weighted by molar-refractivity contribution is 7.11. The van der Waals surface area contributed by atoms with Crippen LogP contribution in [0.25, 0.3) is 0 Å². The molecule has 0 saturated carbocycles. The van der Waals surface area contributed by atoms with Crippen LogP contribution in [0.3, 0.4) is 0 Å². The third-order valence-corrected chi connectivity index (χ3v) is 4.49. The summed E-state index contributed by atoms with van der Waals surface area (Å²) < 4.78 is 0. The van der Waals surface area contributed by atoms with Crippen molar-refractivity contribution in [1.29, 1.82) is 0 Å². The summed E-state index contributed by atoms with van der Waals surface area (Å²) in [5, 5.41) is 9.12. The van der Waals surface area contributed by atoms with Crippen molar-refractivity contribution in [2.24, 2.45) is 5.92 Å². The van der Waals surface area contributed by atoms with Crippen LogP contribution in [-0.4, -0.2) is 39.0 Å². The van der Waals surface area contributed by atoms with Crippen LogP contribution in [0.2, 0.25) is 0 Å². The number of amides is 1. The zero-order valence-corrected chi connectivity index (χ0v) is 9.89. The van der Waals surface area contributed by atoms with Gasteiger partial charge in [-0.2, -0.15) is 0 Å². The fraction of sp³-hybridized carbons (Fsp3) is 0.545. The molecular weight excluding hydrogens is 240 g/mol. The molecule has 1 N–H and O–H groups in total. The van der Waals surface area contributed by atoms with Gasteiger partial charge >= 0.3 is 5.97 Å². The minimum atomic E-state index is -0.778. The second-order valence-electron chi connectivity index (χ2n) is 4.56. The topological polar surface area (TPSA) is 70.5 Å². The first kappa shape index (κ1) is 10.7. The lowest BCUT2D eigenvalue weighted by Crippen LogP contribution is -2.37. The van der Waals surface area contributed by atoms with Gasteiger partial charge in [0.1, 0.15) is 4.88 Å². The Balaban J connectivity index is 1.86. The number of carboxylic acid groups (broad SMARTS) is 1. The normalized spacial score (nSPS) is 30.8. The van der Waals surface area contributed by atoms with Gasteiger partial charge in [0, 0.05) is 12.1 Å². The second-order valence-corrected chi connectivity index (χ2v) is 5.44. The lowest BCUT2D eigenvalue weighted by Gasteiger charge is -2.22. The van der Waals surface area contributed by atoms with Crippen molar-refractivity contribution >= 4 is 23.2 Å². The molecule has 2 aliphatic rings. The Kier molecular flexibility index (Phi) is 2.39. The number of fused-ring (bicyclic) bond motifs is 2. The molecule has 5 nitrogen and oxygen atoms in total. The van der Waals surface area contributed by atoms with Gasteiger partial charge in [-0.1, -0.05) is 0 Å². The molecule has 2 fully saturated rings. The molecule has 0 radical (unpaired) electrons. The monoisotopic (exact) mass is 252 g/mol. The molecule has 3 atom stereocenters. The fourth-order valence-electron chi connectivity index (χ4n) is 3.02. The summed E-state index contributed by atoms with van der Waals surface area (Å²) in [5.41, 5.74) is 1.62. The largest absolute Gasteiger partial charge is 0.481 e. The van der Waals surface area contributed by atoms with Crippen molar-refractivity contribution in [3.8, 4) is 0 Å². The third-order valence-electron chi connectivity index (χ3n) is 3.73. The average Bonchev–Trinajstić information content (AvgIpc) is 3.03. The van der Waals surface area contributed by atoms with Crippen LogP contribution in [0.15, 0.2) is 11.7 Å². The van der Waals surface area contributed by atoms with E-state index < -0.39 is 5.97 Å². The van der Waals surface area contributed by atoms with E-state index in [2.05, 4.69) is 4.98 Å². The molecule has 2 bridgehead atoms. The molecule has 1 aromatic heterocycles. The molecule has 0 aliphatic carbocycles. The van der Waals surface area contributed by atoms with Gasteiger partial charge in [-0.25, -0.2) is 0 Å². The minimum Gasteiger partial charge on any atom is -0.481 e. The van der Waals surface area contributed by atoms with Crippen molar-refractivity contribution in [2.75, 3.05) is 0 Å². The molecule has 17 heavy (non-hydrogen) atoms. The van der Waals surface area contributed by atoms with Gasteiger partial charge in [-0.05, 0) is 19.3 Å². The number of carbonyl (C=O) groups excluding carboxylic acids is 1. The molecule has 0 spiro atoms. The summed E-state index contributed by atoms with van der Waals surface area (Å²) in [5.74, 6) is -1.21. The van der Waals surface area contributed by atoms with Crippen molar-refractivity contribution in [1.82, 2.24) is 9.88 Å². The maximum Gasteiger partial charge on any atom is 0.308 e. The van der Waals surface area contributed by atoms with Gasteiger partial charge < -0.3 is 10.0 Å². The summed E-state index contributed by atoms with van der Waals surface area (Å²) in [4.78, 5) is 29.6. The first-order chi connectivity index (χ1) is 8.18. The number of aromatic nitrogens is 1. The molecule has 2 aliphatic heterocycles. The summed E-state index contributed by atoms with van der Waals surface area (Å²) in [6.07, 6.45) is 3.90. The minimum absolute atomic E-state index is 0.0521. The van der Waals surface area contributed by atoms with Crippen LogP contribution in [-0.2, 0) is 4.79 Å². The van der Waals surface area contributed by atoms with E-state index in [1.54, 1.807) is 16.6 Å². The molecule has 3 rings (SSSR count). The van der Waals surface area contributed by atoms with E-state index in [1.165, 1.54) is 11.3 Å². The average molecular weight is 252 g/mol. The lowest BCUT2D eigenvalue weighted by atomic mass is 9.89. The Morgan fingerprint density at radius 2 is 2.29 bits per heavy atom. The zero-order chi connectivity index (χ0) is 12.0. The van der Waals surface area contributed by atoms with Crippen molar-refractivity contribution < 1.29 is 14.7 Å². The number of carbonyl (C=O) groups is 2. The van der Waals surface area contributed by atoms with Crippen molar-refractivity contribution in [3.63, 3.8) is 0 Å². The Bertz CT molecular complexity index is 459. The van der Waals surface area contributed by atoms with E-state index in [0.29, 0.717) is 11.3 Å². The van der Waals surface area contributed by atoms with Gasteiger partial charge in [-0.15, -0.1) is 11.3 Å². The maximum atomic E-state index is 12.2. The van der Waals surface area contributed by atoms with E-state index in [-0.39, 0.29) is 23.9 Å². The third kappa shape index (κ3) is 1.55. The first-order valence-electron chi connectivity index (χ1n) is 5.62. The van der Waals surface area contributed by atoms with Crippen LogP contribution in [0.1, 0.15) is 28.9 Å². The van der Waals surface area contributed by atoms with Gasteiger partial charge in [0.2, 0.25) is 0 Å². The molecule has 2 saturated heterocycles. The maximum absolute atomic E-state index is 12.2. The smallest absolute Gasteiger partial charge is 0.308 e. The van der Waals surface area contributed by atoms with Crippen LogP contribution in [0.5, 0.6) is 0 Å². The number of hydrogen-bond donors (Lipinski definition) is 1. The van der Waals surface area contributed by atoms with E-state index >= 15 is 0 Å². The van der Waals surface area contributed by atoms with Crippen LogP contribution < -0.4 is 0 Å². The van der Waals surface area contributed by atoms with Crippen LogP contribution >= 0.6 is 11.3 Å². The zero-order valence-electron chi connectivity index (χ0n) is 9.07. The first-order valence-corrected chi connectivity index (χ1v) is 6.50. The van der Waals surface area contributed by atoms with Gasteiger partial charge in [-0.3, -0.25) is 14.6 Å². The van der Waals surface area contributed by atoms with Gasteiger partial charge in [0.15, 0.2) is 0 Å². The number of carboxylic acids is 1. The van der Waals surface area contributed by atoms with Crippen LogP contribution in [0, 0.1) is 5.92 Å². The highest BCUT2D eigenvalue weighted by Crippen LogP contribution is 2.42.